The first kappa shape index (κ1) is 10.6. The number of aryl methyl sites for hydroxylation is 1. The Hall–Kier alpha value is -1.90. The lowest BCUT2D eigenvalue weighted by molar-refractivity contribution is 0.613. The molecule has 0 saturated heterocycles. The van der Waals surface area contributed by atoms with E-state index in [0.717, 1.165) is 11.1 Å². The molecule has 2 nitrogen and oxygen atoms in total. The van der Waals surface area contributed by atoms with Crippen LogP contribution in [0.3, 0.4) is 0 Å². The molecule has 0 radical (unpaired) electrons. The van der Waals surface area contributed by atoms with E-state index in [2.05, 4.69) is 4.98 Å². The number of anilines is 1. The highest BCUT2D eigenvalue weighted by molar-refractivity contribution is 5.42. The van der Waals surface area contributed by atoms with Gasteiger partial charge in [-0.05, 0) is 30.2 Å². The number of nitrogens with zero attached hydrogens (tertiary/aromatic N) is 1. The molecule has 82 valence electrons. The number of nitrogen functional groups attached to an aromatic ring is 1. The van der Waals surface area contributed by atoms with E-state index in [1.165, 1.54) is 6.07 Å². The zero-order chi connectivity index (χ0) is 11.5. The van der Waals surface area contributed by atoms with Gasteiger partial charge < -0.3 is 5.73 Å². The second kappa shape index (κ2) is 4.31. The molecular formula is C13H13FN2. The zero-order valence-electron chi connectivity index (χ0n) is 9.07. The number of aromatic nitrogens is 1. The largest absolute Gasteiger partial charge is 0.383 e. The minimum absolute atomic E-state index is 0.200. The van der Waals surface area contributed by atoms with Crippen molar-refractivity contribution in [1.29, 1.82) is 0 Å². The van der Waals surface area contributed by atoms with Crippen molar-refractivity contribution < 1.29 is 4.39 Å². The molecule has 0 unspecified atom stereocenters. The Morgan fingerprint density at radius 1 is 1.25 bits per heavy atom. The van der Waals surface area contributed by atoms with Crippen molar-refractivity contribution >= 4 is 5.82 Å². The second-order valence-corrected chi connectivity index (χ2v) is 3.82. The van der Waals surface area contributed by atoms with Crippen molar-refractivity contribution in [3.8, 4) is 0 Å². The highest BCUT2D eigenvalue weighted by Crippen LogP contribution is 2.17. The highest BCUT2D eigenvalue weighted by atomic mass is 19.1. The molecule has 2 aromatic rings. The number of pyridine rings is 1. The van der Waals surface area contributed by atoms with Crippen LogP contribution in [0.15, 0.2) is 36.5 Å². The Balaban J connectivity index is 2.34. The molecule has 0 bridgehead atoms. The fourth-order valence-corrected chi connectivity index (χ4v) is 1.64. The highest BCUT2D eigenvalue weighted by Gasteiger charge is 2.06. The van der Waals surface area contributed by atoms with Crippen LogP contribution in [-0.2, 0) is 6.42 Å². The van der Waals surface area contributed by atoms with Crippen molar-refractivity contribution in [2.24, 2.45) is 0 Å². The summed E-state index contributed by atoms with van der Waals surface area (Å²) in [6.45, 7) is 1.94. The van der Waals surface area contributed by atoms with Crippen LogP contribution < -0.4 is 5.73 Å². The first-order valence-corrected chi connectivity index (χ1v) is 5.11. The third-order valence-corrected chi connectivity index (χ3v) is 2.51. The minimum atomic E-state index is -0.200. The van der Waals surface area contributed by atoms with Crippen LogP contribution in [0.25, 0.3) is 0 Å². The van der Waals surface area contributed by atoms with E-state index in [4.69, 9.17) is 5.73 Å². The fraction of sp³-hybridized carbons (Fsp3) is 0.154. The molecule has 0 saturated carbocycles. The Morgan fingerprint density at radius 2 is 2.06 bits per heavy atom. The maximum absolute atomic E-state index is 13.5. The number of hydrogen-bond donors (Lipinski definition) is 1. The van der Waals surface area contributed by atoms with E-state index >= 15 is 0 Å². The van der Waals surface area contributed by atoms with E-state index in [-0.39, 0.29) is 5.82 Å². The topological polar surface area (TPSA) is 38.9 Å². The Morgan fingerprint density at radius 3 is 2.81 bits per heavy atom. The van der Waals surface area contributed by atoms with Gasteiger partial charge in [0, 0.05) is 12.6 Å². The van der Waals surface area contributed by atoms with E-state index in [0.29, 0.717) is 17.8 Å². The normalized spacial score (nSPS) is 10.4. The number of halogens is 1. The van der Waals surface area contributed by atoms with E-state index in [1.54, 1.807) is 18.3 Å². The van der Waals surface area contributed by atoms with Crippen molar-refractivity contribution in [2.75, 3.05) is 5.73 Å². The van der Waals surface area contributed by atoms with Crippen molar-refractivity contribution in [1.82, 2.24) is 4.98 Å². The van der Waals surface area contributed by atoms with Gasteiger partial charge in [0.05, 0.1) is 0 Å². The summed E-state index contributed by atoms with van der Waals surface area (Å²) in [6, 6.07) is 8.74. The van der Waals surface area contributed by atoms with Gasteiger partial charge in [-0.15, -0.1) is 0 Å². The van der Waals surface area contributed by atoms with Gasteiger partial charge in [-0.3, -0.25) is 0 Å². The molecule has 0 amide bonds. The number of benzene rings is 1. The number of hydrogen-bond acceptors (Lipinski definition) is 2. The molecule has 0 spiro atoms. The van der Waals surface area contributed by atoms with E-state index in [9.17, 15) is 4.39 Å². The lowest BCUT2D eigenvalue weighted by Crippen LogP contribution is -2.00. The summed E-state index contributed by atoms with van der Waals surface area (Å²) >= 11 is 0. The molecule has 2 rings (SSSR count). The van der Waals surface area contributed by atoms with Crippen LogP contribution in [0.5, 0.6) is 0 Å². The average molecular weight is 216 g/mol. The number of rotatable bonds is 2. The predicted molar refractivity (Wildman–Crippen MR) is 62.6 cm³/mol. The maximum Gasteiger partial charge on any atom is 0.126 e. The Labute approximate surface area is 93.9 Å². The molecule has 16 heavy (non-hydrogen) atoms. The number of nitrogens with two attached hydrogens (primary N) is 1. The molecule has 0 aliphatic carbocycles. The van der Waals surface area contributed by atoms with Gasteiger partial charge in [-0.2, -0.15) is 0 Å². The van der Waals surface area contributed by atoms with Crippen LogP contribution >= 0.6 is 0 Å². The summed E-state index contributed by atoms with van der Waals surface area (Å²) in [5.74, 6) is 0.261. The van der Waals surface area contributed by atoms with Crippen LogP contribution in [-0.4, -0.2) is 4.98 Å². The molecule has 0 aliphatic heterocycles. The maximum atomic E-state index is 13.5. The summed E-state index contributed by atoms with van der Waals surface area (Å²) in [4.78, 5) is 3.98. The Bertz CT molecular complexity index is 509. The van der Waals surface area contributed by atoms with Crippen molar-refractivity contribution in [3.63, 3.8) is 0 Å². The fourth-order valence-electron chi connectivity index (χ4n) is 1.64. The molecule has 1 aromatic heterocycles. The summed E-state index contributed by atoms with van der Waals surface area (Å²) in [6.07, 6.45) is 2.11. The van der Waals surface area contributed by atoms with Crippen LogP contribution in [0.4, 0.5) is 10.2 Å². The summed E-state index contributed by atoms with van der Waals surface area (Å²) in [5.41, 5.74) is 8.27. The average Bonchev–Trinajstić information content (AvgIpc) is 2.27. The summed E-state index contributed by atoms with van der Waals surface area (Å²) in [7, 11) is 0. The molecule has 0 fully saturated rings. The van der Waals surface area contributed by atoms with Gasteiger partial charge in [0.15, 0.2) is 0 Å². The van der Waals surface area contributed by atoms with Gasteiger partial charge in [-0.1, -0.05) is 23.8 Å². The molecule has 0 aliphatic rings. The second-order valence-electron chi connectivity index (χ2n) is 3.82. The standard InChI is InChI=1S/C13H13FN2/c1-9-4-5-12(14)11(7-9)8-10-3-2-6-16-13(10)15/h2-7H,8H2,1H3,(H2,15,16). The molecular weight excluding hydrogens is 203 g/mol. The SMILES string of the molecule is Cc1ccc(F)c(Cc2cccnc2N)c1. The molecule has 0 atom stereocenters. The molecule has 1 aromatic carbocycles. The van der Waals surface area contributed by atoms with Gasteiger partial charge >= 0.3 is 0 Å². The first-order chi connectivity index (χ1) is 7.66. The van der Waals surface area contributed by atoms with Gasteiger partial charge in [-0.25, -0.2) is 9.37 Å². The van der Waals surface area contributed by atoms with Crippen molar-refractivity contribution in [3.05, 3.63) is 59.0 Å². The van der Waals surface area contributed by atoms with Gasteiger partial charge in [0.2, 0.25) is 0 Å². The first-order valence-electron chi connectivity index (χ1n) is 5.11. The monoisotopic (exact) mass is 216 g/mol. The minimum Gasteiger partial charge on any atom is -0.383 e. The molecule has 2 N–H and O–H groups in total. The lowest BCUT2D eigenvalue weighted by Gasteiger charge is -2.06. The van der Waals surface area contributed by atoms with Crippen molar-refractivity contribution in [2.45, 2.75) is 13.3 Å². The van der Waals surface area contributed by atoms with Crippen LogP contribution in [0, 0.1) is 12.7 Å². The zero-order valence-corrected chi connectivity index (χ0v) is 9.07. The predicted octanol–water partition coefficient (Wildman–Crippen LogP) is 2.70. The van der Waals surface area contributed by atoms with E-state index in [1.807, 2.05) is 19.1 Å². The lowest BCUT2D eigenvalue weighted by atomic mass is 10.0. The van der Waals surface area contributed by atoms with Gasteiger partial charge in [0.25, 0.3) is 0 Å². The third kappa shape index (κ3) is 2.19. The van der Waals surface area contributed by atoms with E-state index < -0.39 is 0 Å². The molecule has 1 heterocycles. The third-order valence-electron chi connectivity index (χ3n) is 2.51. The van der Waals surface area contributed by atoms with Gasteiger partial charge in [0.1, 0.15) is 11.6 Å². The van der Waals surface area contributed by atoms with Crippen LogP contribution in [0.1, 0.15) is 16.7 Å². The Kier molecular flexibility index (Phi) is 2.86. The quantitative estimate of drug-likeness (QED) is 0.838. The van der Waals surface area contributed by atoms with Crippen LogP contribution in [0.2, 0.25) is 0 Å². The smallest absolute Gasteiger partial charge is 0.126 e. The molecule has 3 heteroatoms. The summed E-state index contributed by atoms with van der Waals surface area (Å²) < 4.78 is 13.5. The summed E-state index contributed by atoms with van der Waals surface area (Å²) in [5, 5.41) is 0.